The lowest BCUT2D eigenvalue weighted by Crippen LogP contribution is -2.46. The smallest absolute Gasteiger partial charge is 0.317 e. The Labute approximate surface area is 196 Å². The number of nitrogens with zero attached hydrogens (tertiary/aromatic N) is 6. The van der Waals surface area contributed by atoms with Crippen molar-refractivity contribution in [1.82, 2.24) is 29.8 Å². The van der Waals surface area contributed by atoms with Crippen molar-refractivity contribution in [3.05, 3.63) is 36.2 Å². The van der Waals surface area contributed by atoms with Crippen LogP contribution in [0.1, 0.15) is 32.3 Å². The lowest BCUT2D eigenvalue weighted by Gasteiger charge is -2.36. The van der Waals surface area contributed by atoms with Crippen molar-refractivity contribution in [3.63, 3.8) is 0 Å². The van der Waals surface area contributed by atoms with Gasteiger partial charge in [-0.25, -0.2) is 14.3 Å². The Bertz CT molecular complexity index is 1290. The highest BCUT2D eigenvalue weighted by Gasteiger charge is 2.38. The fraction of sp³-hybridized carbons (Fsp3) is 0.435. The van der Waals surface area contributed by atoms with Crippen LogP contribution < -0.4 is 20.9 Å². The molecule has 5 heterocycles. The molecule has 11 nitrogen and oxygen atoms in total. The van der Waals surface area contributed by atoms with Crippen LogP contribution in [0.4, 0.5) is 27.9 Å². The molecule has 3 aromatic rings. The van der Waals surface area contributed by atoms with Crippen molar-refractivity contribution in [3.8, 4) is 0 Å². The number of anilines is 4. The first kappa shape index (κ1) is 20.7. The maximum absolute atomic E-state index is 12.2. The molecule has 0 atom stereocenters. The lowest BCUT2D eigenvalue weighted by molar-refractivity contribution is -0.119. The molecule has 176 valence electrons. The molecule has 1 aromatic carbocycles. The predicted octanol–water partition coefficient (Wildman–Crippen LogP) is 2.09. The normalized spacial score (nSPS) is 19.9. The Kier molecular flexibility index (Phi) is 4.61. The Morgan fingerprint density at radius 1 is 1.15 bits per heavy atom. The number of fused-ring (bicyclic) bond motifs is 2. The van der Waals surface area contributed by atoms with Gasteiger partial charge in [0.15, 0.2) is 11.5 Å². The van der Waals surface area contributed by atoms with Crippen LogP contribution in [0.3, 0.4) is 0 Å². The van der Waals surface area contributed by atoms with E-state index in [0.29, 0.717) is 11.6 Å². The first-order valence-corrected chi connectivity index (χ1v) is 11.6. The first-order valence-electron chi connectivity index (χ1n) is 11.6. The minimum atomic E-state index is -0.540. The summed E-state index contributed by atoms with van der Waals surface area (Å²) in [5.41, 5.74) is 2.72. The number of hydrogen-bond donors (Lipinski definition) is 3. The van der Waals surface area contributed by atoms with Gasteiger partial charge in [0.2, 0.25) is 11.9 Å². The average molecular weight is 462 g/mol. The number of piperidine rings is 1. The molecular formula is C23H27N9O2. The standard InChI is InChI=1S/C23H27N9O2/c1-23(2)16-4-3-14(13-17(16)27-20(23)33)26-21-28-19-18(24-8-12-32(19)29-21)30-9-5-15(6-10-30)31-11-7-25-22(31)34/h3-4,8,12-13,15H,5-7,9-11H2,1-2H3,(H,25,34)(H,26,29)(H,27,33). The van der Waals surface area contributed by atoms with Crippen molar-refractivity contribution in [2.24, 2.45) is 0 Å². The van der Waals surface area contributed by atoms with Gasteiger partial charge in [-0.15, -0.1) is 5.10 Å². The van der Waals surface area contributed by atoms with E-state index in [1.165, 1.54) is 0 Å². The Morgan fingerprint density at radius 2 is 1.97 bits per heavy atom. The maximum atomic E-state index is 12.2. The second-order valence-corrected chi connectivity index (χ2v) is 9.56. The third-order valence-corrected chi connectivity index (χ3v) is 7.10. The van der Waals surface area contributed by atoms with Crippen molar-refractivity contribution >= 4 is 40.7 Å². The average Bonchev–Trinajstić information content (AvgIpc) is 3.49. The van der Waals surface area contributed by atoms with Crippen molar-refractivity contribution < 1.29 is 9.59 Å². The summed E-state index contributed by atoms with van der Waals surface area (Å²) in [4.78, 5) is 37.7. The van der Waals surface area contributed by atoms with Crippen LogP contribution in [0.2, 0.25) is 0 Å². The van der Waals surface area contributed by atoms with Crippen LogP contribution in [-0.2, 0) is 10.2 Å². The zero-order valence-corrected chi connectivity index (χ0v) is 19.2. The topological polar surface area (TPSA) is 120 Å². The van der Waals surface area contributed by atoms with E-state index in [1.54, 1.807) is 16.9 Å². The summed E-state index contributed by atoms with van der Waals surface area (Å²) >= 11 is 0. The number of urea groups is 1. The first-order chi connectivity index (χ1) is 16.4. The van der Waals surface area contributed by atoms with Gasteiger partial charge in [-0.3, -0.25) is 4.79 Å². The van der Waals surface area contributed by atoms with E-state index in [0.717, 1.165) is 61.8 Å². The minimum Gasteiger partial charge on any atom is -0.353 e. The third-order valence-electron chi connectivity index (χ3n) is 7.10. The zero-order chi connectivity index (χ0) is 23.4. The summed E-state index contributed by atoms with van der Waals surface area (Å²) in [6.45, 7) is 6.95. The fourth-order valence-corrected chi connectivity index (χ4v) is 5.11. The molecule has 2 aromatic heterocycles. The monoisotopic (exact) mass is 461 g/mol. The molecule has 0 unspecified atom stereocenters. The number of rotatable bonds is 4. The number of aromatic nitrogens is 4. The molecule has 3 N–H and O–H groups in total. The van der Waals surface area contributed by atoms with Gasteiger partial charge in [0, 0.05) is 56.0 Å². The summed E-state index contributed by atoms with van der Waals surface area (Å²) < 4.78 is 1.73. The second kappa shape index (κ2) is 7.57. The van der Waals surface area contributed by atoms with Gasteiger partial charge in [0.25, 0.3) is 0 Å². The fourth-order valence-electron chi connectivity index (χ4n) is 5.11. The molecule has 0 radical (unpaired) electrons. The Hall–Kier alpha value is -3.89. The summed E-state index contributed by atoms with van der Waals surface area (Å²) in [5.74, 6) is 1.24. The van der Waals surface area contributed by atoms with Crippen LogP contribution in [-0.4, -0.2) is 68.6 Å². The number of nitrogens with one attached hydrogen (secondary N) is 3. The number of amides is 3. The van der Waals surface area contributed by atoms with Crippen LogP contribution in [0, 0.1) is 0 Å². The summed E-state index contributed by atoms with van der Waals surface area (Å²) in [6.07, 6.45) is 5.30. The molecule has 6 rings (SSSR count). The van der Waals surface area contributed by atoms with Gasteiger partial charge < -0.3 is 25.8 Å². The highest BCUT2D eigenvalue weighted by Crippen LogP contribution is 2.39. The molecule has 3 amide bonds. The molecular weight excluding hydrogens is 434 g/mol. The highest BCUT2D eigenvalue weighted by atomic mass is 16.2. The summed E-state index contributed by atoms with van der Waals surface area (Å²) in [6, 6.07) is 6.11. The van der Waals surface area contributed by atoms with E-state index in [1.807, 2.05) is 36.9 Å². The van der Waals surface area contributed by atoms with Crippen molar-refractivity contribution in [2.45, 2.75) is 38.1 Å². The number of carbonyl (C=O) groups excluding carboxylic acids is 2. The van der Waals surface area contributed by atoms with Gasteiger partial charge in [-0.1, -0.05) is 6.07 Å². The molecule has 0 saturated carbocycles. The van der Waals surface area contributed by atoms with Crippen LogP contribution in [0.5, 0.6) is 0 Å². The predicted molar refractivity (Wildman–Crippen MR) is 128 cm³/mol. The van der Waals surface area contributed by atoms with Crippen LogP contribution in [0.25, 0.3) is 5.65 Å². The molecule has 0 bridgehead atoms. The van der Waals surface area contributed by atoms with Crippen molar-refractivity contribution in [2.75, 3.05) is 41.7 Å². The SMILES string of the molecule is CC1(C)C(=O)Nc2cc(Nc3nc4c(N5CCC(N6CCNC6=O)CC5)nccn4n3)ccc21. The second-order valence-electron chi connectivity index (χ2n) is 9.56. The molecule has 11 heteroatoms. The number of hydrogen-bond acceptors (Lipinski definition) is 7. The Balaban J connectivity index is 1.21. The van der Waals surface area contributed by atoms with Crippen molar-refractivity contribution in [1.29, 1.82) is 0 Å². The summed E-state index contributed by atoms with van der Waals surface area (Å²) in [5, 5.41) is 13.7. The van der Waals surface area contributed by atoms with Gasteiger partial charge in [-0.2, -0.15) is 4.98 Å². The summed E-state index contributed by atoms with van der Waals surface area (Å²) in [7, 11) is 0. The van der Waals surface area contributed by atoms with E-state index in [4.69, 9.17) is 4.98 Å². The highest BCUT2D eigenvalue weighted by molar-refractivity contribution is 6.06. The van der Waals surface area contributed by atoms with Gasteiger partial charge in [-0.05, 0) is 44.4 Å². The quantitative estimate of drug-likeness (QED) is 0.544. The van der Waals surface area contributed by atoms with Crippen LogP contribution in [0.15, 0.2) is 30.6 Å². The van der Waals surface area contributed by atoms with Gasteiger partial charge in [0.1, 0.15) is 0 Å². The van der Waals surface area contributed by atoms with Gasteiger partial charge in [0.05, 0.1) is 5.41 Å². The molecule has 3 aliphatic rings. The number of benzene rings is 1. The minimum absolute atomic E-state index is 0.00430. The number of carbonyl (C=O) groups is 2. The maximum Gasteiger partial charge on any atom is 0.317 e. The molecule has 34 heavy (non-hydrogen) atoms. The molecule has 0 spiro atoms. The van der Waals surface area contributed by atoms with E-state index in [2.05, 4.69) is 30.9 Å². The lowest BCUT2D eigenvalue weighted by atomic mass is 9.86. The molecule has 0 aliphatic carbocycles. The van der Waals surface area contributed by atoms with Gasteiger partial charge >= 0.3 is 6.03 Å². The van der Waals surface area contributed by atoms with E-state index in [9.17, 15) is 9.59 Å². The molecule has 2 saturated heterocycles. The molecule has 2 fully saturated rings. The largest absolute Gasteiger partial charge is 0.353 e. The molecule has 3 aliphatic heterocycles. The van der Waals surface area contributed by atoms with Crippen LogP contribution >= 0.6 is 0 Å². The third kappa shape index (κ3) is 3.30. The van der Waals surface area contributed by atoms with E-state index in [-0.39, 0.29) is 18.0 Å². The zero-order valence-electron chi connectivity index (χ0n) is 19.2. The Morgan fingerprint density at radius 3 is 2.74 bits per heavy atom. The van der Waals surface area contributed by atoms with E-state index >= 15 is 0 Å². The van der Waals surface area contributed by atoms with E-state index < -0.39 is 5.41 Å².